The number of nitro groups is 1. The molecule has 1 fully saturated rings. The second-order valence-electron chi connectivity index (χ2n) is 7.04. The van der Waals surface area contributed by atoms with Gasteiger partial charge in [-0.15, -0.1) is 0 Å². The van der Waals surface area contributed by atoms with Crippen LogP contribution in [-0.2, 0) is 6.54 Å². The second-order valence-corrected chi connectivity index (χ2v) is 7.04. The fourth-order valence-electron chi connectivity index (χ4n) is 3.59. The van der Waals surface area contributed by atoms with E-state index in [-0.39, 0.29) is 17.3 Å². The molecule has 0 atom stereocenters. The highest BCUT2D eigenvalue weighted by molar-refractivity contribution is 5.82. The molecule has 0 aliphatic carbocycles. The van der Waals surface area contributed by atoms with Crippen molar-refractivity contribution in [1.29, 1.82) is 0 Å². The molecule has 0 bridgehead atoms. The number of halogens is 1. The number of nitrogens with zero attached hydrogens (tertiary/aromatic N) is 4. The SMILES string of the molecule is COc1ccc(CN2CCN(c3ccc4cc([N+](=O)[O-])ccc4n3)CC2)cc1F. The van der Waals surface area contributed by atoms with E-state index in [1.54, 1.807) is 12.1 Å². The molecule has 1 aliphatic heterocycles. The minimum absolute atomic E-state index is 0.0654. The molecule has 8 heteroatoms. The van der Waals surface area contributed by atoms with Crippen molar-refractivity contribution in [2.75, 3.05) is 38.2 Å². The normalized spacial score (nSPS) is 14.9. The van der Waals surface area contributed by atoms with Crippen molar-refractivity contribution in [3.05, 3.63) is 70.0 Å². The molecule has 2 heterocycles. The minimum atomic E-state index is -0.402. The summed E-state index contributed by atoms with van der Waals surface area (Å²) in [6, 6.07) is 13.5. The van der Waals surface area contributed by atoms with Crippen LogP contribution in [0.3, 0.4) is 0 Å². The summed E-state index contributed by atoms with van der Waals surface area (Å²) in [7, 11) is 1.46. The minimum Gasteiger partial charge on any atom is -0.494 e. The highest BCUT2D eigenvalue weighted by Gasteiger charge is 2.19. The quantitative estimate of drug-likeness (QED) is 0.485. The highest BCUT2D eigenvalue weighted by atomic mass is 19.1. The number of non-ortho nitro benzene ring substituents is 1. The van der Waals surface area contributed by atoms with Gasteiger partial charge in [-0.2, -0.15) is 0 Å². The van der Waals surface area contributed by atoms with Crippen LogP contribution in [0.4, 0.5) is 15.9 Å². The number of nitro benzene ring substituents is 1. The number of anilines is 1. The molecule has 0 radical (unpaired) electrons. The molecular weight excluding hydrogens is 375 g/mol. The van der Waals surface area contributed by atoms with Crippen LogP contribution in [0.25, 0.3) is 10.9 Å². The topological polar surface area (TPSA) is 71.7 Å². The molecule has 1 saturated heterocycles. The molecule has 0 N–H and O–H groups in total. The number of ether oxygens (including phenoxy) is 1. The summed E-state index contributed by atoms with van der Waals surface area (Å²) >= 11 is 0. The van der Waals surface area contributed by atoms with E-state index in [0.29, 0.717) is 6.54 Å². The van der Waals surface area contributed by atoms with Crippen molar-refractivity contribution in [2.45, 2.75) is 6.54 Å². The molecule has 0 spiro atoms. The number of fused-ring (bicyclic) bond motifs is 1. The van der Waals surface area contributed by atoms with Gasteiger partial charge in [-0.05, 0) is 35.9 Å². The number of rotatable bonds is 5. The largest absolute Gasteiger partial charge is 0.494 e. The fourth-order valence-corrected chi connectivity index (χ4v) is 3.59. The third-order valence-corrected chi connectivity index (χ3v) is 5.19. The lowest BCUT2D eigenvalue weighted by molar-refractivity contribution is -0.384. The molecule has 29 heavy (non-hydrogen) atoms. The van der Waals surface area contributed by atoms with Gasteiger partial charge in [0.1, 0.15) is 5.82 Å². The van der Waals surface area contributed by atoms with Crippen molar-refractivity contribution in [3.8, 4) is 5.75 Å². The summed E-state index contributed by atoms with van der Waals surface area (Å²) < 4.78 is 18.9. The van der Waals surface area contributed by atoms with E-state index < -0.39 is 4.92 Å². The number of pyridine rings is 1. The zero-order chi connectivity index (χ0) is 20.4. The summed E-state index contributed by atoms with van der Waals surface area (Å²) in [5.41, 5.74) is 1.72. The van der Waals surface area contributed by atoms with Crippen LogP contribution < -0.4 is 9.64 Å². The molecule has 4 rings (SSSR count). The first-order chi connectivity index (χ1) is 14.0. The van der Waals surface area contributed by atoms with E-state index in [9.17, 15) is 14.5 Å². The van der Waals surface area contributed by atoms with Crippen molar-refractivity contribution < 1.29 is 14.1 Å². The summed E-state index contributed by atoms with van der Waals surface area (Å²) in [5, 5.41) is 11.7. The number of benzene rings is 2. The second kappa shape index (κ2) is 8.00. The Kier molecular flexibility index (Phi) is 5.26. The molecule has 150 valence electrons. The van der Waals surface area contributed by atoms with Crippen molar-refractivity contribution >= 4 is 22.4 Å². The van der Waals surface area contributed by atoms with Gasteiger partial charge in [0.25, 0.3) is 5.69 Å². The van der Waals surface area contributed by atoms with Crippen LogP contribution in [0, 0.1) is 15.9 Å². The van der Waals surface area contributed by atoms with Gasteiger partial charge < -0.3 is 9.64 Å². The smallest absolute Gasteiger partial charge is 0.270 e. The Bertz CT molecular complexity index is 1050. The Labute approximate surface area is 167 Å². The van der Waals surface area contributed by atoms with Gasteiger partial charge in [-0.1, -0.05) is 6.07 Å². The number of piperazine rings is 1. The number of hydrogen-bond acceptors (Lipinski definition) is 6. The summed E-state index contributed by atoms with van der Waals surface area (Å²) in [6.07, 6.45) is 0. The molecule has 0 unspecified atom stereocenters. The van der Waals surface area contributed by atoms with Crippen molar-refractivity contribution in [1.82, 2.24) is 9.88 Å². The molecule has 1 aromatic heterocycles. The molecule has 7 nitrogen and oxygen atoms in total. The van der Waals surface area contributed by atoms with Gasteiger partial charge in [0.15, 0.2) is 11.6 Å². The number of aromatic nitrogens is 1. The zero-order valence-corrected chi connectivity index (χ0v) is 16.0. The molecule has 0 amide bonds. The molecular formula is C21H21FN4O3. The summed E-state index contributed by atoms with van der Waals surface area (Å²) in [5.74, 6) is 0.775. The Morgan fingerprint density at radius 2 is 1.90 bits per heavy atom. The van der Waals surface area contributed by atoms with Gasteiger partial charge in [0.2, 0.25) is 0 Å². The Hall–Kier alpha value is -3.26. The Morgan fingerprint density at radius 3 is 2.59 bits per heavy atom. The maximum absolute atomic E-state index is 13.9. The lowest BCUT2D eigenvalue weighted by atomic mass is 10.1. The first-order valence-electron chi connectivity index (χ1n) is 9.38. The van der Waals surface area contributed by atoms with Gasteiger partial charge in [-0.3, -0.25) is 15.0 Å². The van der Waals surface area contributed by atoms with Crippen LogP contribution >= 0.6 is 0 Å². The van der Waals surface area contributed by atoms with E-state index >= 15 is 0 Å². The van der Waals surface area contributed by atoms with Crippen molar-refractivity contribution in [3.63, 3.8) is 0 Å². The van der Waals surface area contributed by atoms with Crippen LogP contribution in [0.1, 0.15) is 5.56 Å². The third-order valence-electron chi connectivity index (χ3n) is 5.19. The Balaban J connectivity index is 1.40. The summed E-state index contributed by atoms with van der Waals surface area (Å²) in [4.78, 5) is 19.7. The lowest BCUT2D eigenvalue weighted by Gasteiger charge is -2.35. The first-order valence-corrected chi connectivity index (χ1v) is 9.38. The molecule has 1 aliphatic rings. The maximum atomic E-state index is 13.9. The van der Waals surface area contributed by atoms with Crippen LogP contribution in [0.5, 0.6) is 5.75 Å². The first kappa shape index (κ1) is 19.1. The van der Waals surface area contributed by atoms with Gasteiger partial charge in [-0.25, -0.2) is 9.37 Å². The molecule has 3 aromatic rings. The predicted molar refractivity (Wildman–Crippen MR) is 109 cm³/mol. The average Bonchev–Trinajstić information content (AvgIpc) is 2.73. The standard InChI is InChI=1S/C21H21FN4O3/c1-29-20-6-2-15(12-18(20)22)14-24-8-10-25(11-9-24)21-7-3-16-13-17(26(27)28)4-5-19(16)23-21/h2-7,12-13H,8-11,14H2,1H3. The maximum Gasteiger partial charge on any atom is 0.270 e. The zero-order valence-electron chi connectivity index (χ0n) is 16.0. The fraction of sp³-hybridized carbons (Fsp3) is 0.286. The lowest BCUT2D eigenvalue weighted by Crippen LogP contribution is -2.46. The average molecular weight is 396 g/mol. The third kappa shape index (κ3) is 4.12. The number of methoxy groups -OCH3 is 1. The van der Waals surface area contributed by atoms with Crippen LogP contribution in [0.15, 0.2) is 48.5 Å². The van der Waals surface area contributed by atoms with E-state index in [0.717, 1.165) is 48.5 Å². The summed E-state index contributed by atoms with van der Waals surface area (Å²) in [6.45, 7) is 3.99. The van der Waals surface area contributed by atoms with E-state index in [1.807, 2.05) is 18.2 Å². The number of hydrogen-bond donors (Lipinski definition) is 0. The monoisotopic (exact) mass is 396 g/mol. The van der Waals surface area contributed by atoms with E-state index in [4.69, 9.17) is 4.74 Å². The van der Waals surface area contributed by atoms with Crippen LogP contribution in [-0.4, -0.2) is 48.1 Å². The van der Waals surface area contributed by atoms with Crippen LogP contribution in [0.2, 0.25) is 0 Å². The molecule has 2 aromatic carbocycles. The van der Waals surface area contributed by atoms with E-state index in [1.165, 1.54) is 25.3 Å². The predicted octanol–water partition coefficient (Wildman–Crippen LogP) is 3.61. The van der Waals surface area contributed by atoms with Gasteiger partial charge in [0, 0.05) is 50.2 Å². The Morgan fingerprint density at radius 1 is 1.10 bits per heavy atom. The van der Waals surface area contributed by atoms with Gasteiger partial charge >= 0.3 is 0 Å². The van der Waals surface area contributed by atoms with Crippen molar-refractivity contribution in [2.24, 2.45) is 0 Å². The molecule has 0 saturated carbocycles. The van der Waals surface area contributed by atoms with Gasteiger partial charge in [0.05, 0.1) is 17.5 Å². The van der Waals surface area contributed by atoms with E-state index in [2.05, 4.69) is 14.8 Å². The highest BCUT2D eigenvalue weighted by Crippen LogP contribution is 2.24.